The van der Waals surface area contributed by atoms with Crippen molar-refractivity contribution < 1.29 is 9.53 Å². The third-order valence-corrected chi connectivity index (χ3v) is 2.08. The monoisotopic (exact) mass is 213 g/mol. The van der Waals surface area contributed by atoms with E-state index in [-0.39, 0.29) is 0 Å². The number of ether oxygens (including phenoxy) is 1. The van der Waals surface area contributed by atoms with E-state index in [0.717, 1.165) is 0 Å². The maximum atomic E-state index is 10.4. The van der Waals surface area contributed by atoms with Gasteiger partial charge in [0.15, 0.2) is 6.10 Å². The normalized spacial score (nSPS) is 10.1. The largest absolute Gasteiger partial charge is 0.441 e. The summed E-state index contributed by atoms with van der Waals surface area (Å²) >= 11 is 0. The van der Waals surface area contributed by atoms with Gasteiger partial charge in [0.2, 0.25) is 0 Å². The van der Waals surface area contributed by atoms with Crippen molar-refractivity contribution in [3.8, 4) is 0 Å². The van der Waals surface area contributed by atoms with E-state index >= 15 is 0 Å². The van der Waals surface area contributed by atoms with E-state index < -0.39 is 6.10 Å². The lowest BCUT2D eigenvalue weighted by Crippen LogP contribution is -2.08. The molecule has 0 aliphatic rings. The fourth-order valence-corrected chi connectivity index (χ4v) is 1.38. The topological polar surface area (TPSA) is 52.1 Å². The molecule has 2 heterocycles. The highest BCUT2D eigenvalue weighted by atomic mass is 16.5. The van der Waals surface area contributed by atoms with Crippen LogP contribution in [0.4, 0.5) is 0 Å². The highest BCUT2D eigenvalue weighted by molar-refractivity contribution is 5.40. The summed E-state index contributed by atoms with van der Waals surface area (Å²) in [5.74, 6) is 0. The summed E-state index contributed by atoms with van der Waals surface area (Å²) in [4.78, 5) is 18.6. The van der Waals surface area contributed by atoms with Gasteiger partial charge >= 0.3 is 6.47 Å². The molecule has 0 fully saturated rings. The number of rotatable bonds is 4. The standard InChI is InChI=1S/C12H9N2O2/c15-9-16-12(10-5-1-3-7-13-10)11-6-2-4-8-14-11/h1-8,12H. The van der Waals surface area contributed by atoms with Crippen molar-refractivity contribution in [1.82, 2.24) is 9.97 Å². The molecule has 0 saturated carbocycles. The fraction of sp³-hybridized carbons (Fsp3) is 0.0833. The number of nitrogens with zero attached hydrogens (tertiary/aromatic N) is 2. The lowest BCUT2D eigenvalue weighted by Gasteiger charge is -2.12. The molecule has 0 aliphatic heterocycles. The maximum absolute atomic E-state index is 10.4. The molecule has 16 heavy (non-hydrogen) atoms. The number of hydrogen-bond acceptors (Lipinski definition) is 4. The molecular formula is C12H9N2O2. The molecule has 0 saturated heterocycles. The first-order valence-electron chi connectivity index (χ1n) is 4.76. The van der Waals surface area contributed by atoms with Crippen LogP contribution in [0.2, 0.25) is 0 Å². The summed E-state index contributed by atoms with van der Waals surface area (Å²) in [7, 11) is 0. The van der Waals surface area contributed by atoms with E-state index in [9.17, 15) is 4.79 Å². The molecule has 2 aromatic rings. The van der Waals surface area contributed by atoms with Gasteiger partial charge in [0, 0.05) is 12.4 Å². The molecule has 0 aliphatic carbocycles. The Morgan fingerprint density at radius 2 is 1.56 bits per heavy atom. The minimum atomic E-state index is -0.597. The zero-order valence-electron chi connectivity index (χ0n) is 8.41. The van der Waals surface area contributed by atoms with Crippen LogP contribution in [0.3, 0.4) is 0 Å². The van der Waals surface area contributed by atoms with Gasteiger partial charge in [-0.2, -0.15) is 0 Å². The first-order chi connectivity index (χ1) is 7.92. The van der Waals surface area contributed by atoms with Gasteiger partial charge in [-0.15, -0.1) is 0 Å². The Kier molecular flexibility index (Phi) is 3.23. The van der Waals surface area contributed by atoms with Gasteiger partial charge in [0.25, 0.3) is 0 Å². The second-order valence-electron chi connectivity index (χ2n) is 3.09. The van der Waals surface area contributed by atoms with Gasteiger partial charge in [0.1, 0.15) is 0 Å². The molecule has 0 aromatic carbocycles. The van der Waals surface area contributed by atoms with Crippen LogP contribution in [-0.4, -0.2) is 16.4 Å². The molecular weight excluding hydrogens is 204 g/mol. The van der Waals surface area contributed by atoms with Crippen LogP contribution in [0.1, 0.15) is 17.5 Å². The van der Waals surface area contributed by atoms with Crippen molar-refractivity contribution in [2.24, 2.45) is 0 Å². The molecule has 0 unspecified atom stereocenters. The molecule has 0 spiro atoms. The number of hydrogen-bond donors (Lipinski definition) is 0. The first-order valence-corrected chi connectivity index (χ1v) is 4.76. The van der Waals surface area contributed by atoms with E-state index in [0.29, 0.717) is 11.4 Å². The predicted molar refractivity (Wildman–Crippen MR) is 57.1 cm³/mol. The van der Waals surface area contributed by atoms with Crippen LogP contribution in [0, 0.1) is 0 Å². The van der Waals surface area contributed by atoms with Crippen molar-refractivity contribution >= 4 is 6.47 Å². The SMILES string of the molecule is O=[C]OC(c1ccccn1)c1ccccn1. The molecule has 2 rings (SSSR count). The zero-order chi connectivity index (χ0) is 11.2. The van der Waals surface area contributed by atoms with Crippen molar-refractivity contribution in [2.75, 3.05) is 0 Å². The van der Waals surface area contributed by atoms with E-state index in [4.69, 9.17) is 4.74 Å². The van der Waals surface area contributed by atoms with Gasteiger partial charge in [-0.3, -0.25) is 9.97 Å². The van der Waals surface area contributed by atoms with Gasteiger partial charge in [0.05, 0.1) is 11.4 Å². The lowest BCUT2D eigenvalue weighted by atomic mass is 10.1. The van der Waals surface area contributed by atoms with E-state index in [1.807, 2.05) is 12.1 Å². The van der Waals surface area contributed by atoms with Gasteiger partial charge in [-0.1, -0.05) is 12.1 Å². The zero-order valence-corrected chi connectivity index (χ0v) is 8.41. The van der Waals surface area contributed by atoms with E-state index in [1.165, 1.54) is 6.47 Å². The van der Waals surface area contributed by atoms with Gasteiger partial charge in [-0.25, -0.2) is 4.79 Å². The van der Waals surface area contributed by atoms with E-state index in [2.05, 4.69) is 9.97 Å². The highest BCUT2D eigenvalue weighted by Gasteiger charge is 2.17. The molecule has 2 aromatic heterocycles. The molecule has 4 nitrogen and oxygen atoms in total. The summed E-state index contributed by atoms with van der Waals surface area (Å²) in [5.41, 5.74) is 1.26. The molecule has 79 valence electrons. The lowest BCUT2D eigenvalue weighted by molar-refractivity contribution is 0.207. The van der Waals surface area contributed by atoms with Crippen LogP contribution in [-0.2, 0) is 9.53 Å². The number of carbonyl (C=O) groups excluding carboxylic acids is 1. The van der Waals surface area contributed by atoms with Crippen LogP contribution in [0.5, 0.6) is 0 Å². The molecule has 0 bridgehead atoms. The highest BCUT2D eigenvalue weighted by Crippen LogP contribution is 2.20. The van der Waals surface area contributed by atoms with Crippen LogP contribution in [0.15, 0.2) is 48.8 Å². The minimum Gasteiger partial charge on any atom is -0.441 e. The van der Waals surface area contributed by atoms with Crippen molar-refractivity contribution in [2.45, 2.75) is 6.10 Å². The Morgan fingerprint density at radius 1 is 1.00 bits per heavy atom. The van der Waals surface area contributed by atoms with Crippen molar-refractivity contribution in [3.63, 3.8) is 0 Å². The Labute approximate surface area is 92.9 Å². The molecule has 0 amide bonds. The van der Waals surface area contributed by atoms with Crippen LogP contribution < -0.4 is 0 Å². The van der Waals surface area contributed by atoms with Gasteiger partial charge < -0.3 is 4.74 Å². The Hall–Kier alpha value is -2.23. The molecule has 0 N–H and O–H groups in total. The quantitative estimate of drug-likeness (QED) is 0.774. The second kappa shape index (κ2) is 5.02. The van der Waals surface area contributed by atoms with E-state index in [1.54, 1.807) is 36.7 Å². The Balaban J connectivity index is 2.35. The second-order valence-corrected chi connectivity index (χ2v) is 3.09. The summed E-state index contributed by atoms with van der Waals surface area (Å²) in [6, 6.07) is 10.8. The summed E-state index contributed by atoms with van der Waals surface area (Å²) in [6.45, 7) is 1.43. The molecule has 1 radical (unpaired) electrons. The third kappa shape index (κ3) is 2.23. The van der Waals surface area contributed by atoms with Crippen LogP contribution >= 0.6 is 0 Å². The average Bonchev–Trinajstić information content (AvgIpc) is 2.38. The number of pyridine rings is 2. The average molecular weight is 213 g/mol. The number of aromatic nitrogens is 2. The van der Waals surface area contributed by atoms with Crippen LogP contribution in [0.25, 0.3) is 0 Å². The minimum absolute atomic E-state index is 0.597. The summed E-state index contributed by atoms with van der Waals surface area (Å²) < 4.78 is 4.88. The Bertz CT molecular complexity index is 406. The summed E-state index contributed by atoms with van der Waals surface area (Å²) in [6.07, 6.45) is 2.68. The van der Waals surface area contributed by atoms with Gasteiger partial charge in [-0.05, 0) is 24.3 Å². The molecule has 4 heteroatoms. The smallest absolute Gasteiger partial charge is 0.418 e. The van der Waals surface area contributed by atoms with Crippen molar-refractivity contribution in [1.29, 1.82) is 0 Å². The summed E-state index contributed by atoms with van der Waals surface area (Å²) in [5, 5.41) is 0. The molecule has 0 atom stereocenters. The fourth-order valence-electron chi connectivity index (χ4n) is 1.38. The maximum Gasteiger partial charge on any atom is 0.418 e. The predicted octanol–water partition coefficient (Wildman–Crippen LogP) is 1.65. The first kappa shape index (κ1) is 10.3. The Morgan fingerprint density at radius 3 is 1.94 bits per heavy atom. The third-order valence-electron chi connectivity index (χ3n) is 2.08. The van der Waals surface area contributed by atoms with Crippen molar-refractivity contribution in [3.05, 3.63) is 60.2 Å².